The zero-order valence-electron chi connectivity index (χ0n) is 8.67. The van der Waals surface area contributed by atoms with E-state index < -0.39 is 11.6 Å². The molecule has 84 valence electrons. The normalized spacial score (nSPS) is 13.6. The second kappa shape index (κ2) is 4.64. The first-order valence-corrected chi connectivity index (χ1v) is 4.54. The van der Waals surface area contributed by atoms with E-state index in [1.807, 2.05) is 6.07 Å². The molecule has 0 aromatic heterocycles. The van der Waals surface area contributed by atoms with Gasteiger partial charge in [0.15, 0.2) is 5.60 Å². The van der Waals surface area contributed by atoms with E-state index in [2.05, 4.69) is 0 Å². The standard InChI is InChI=1S/C11H11NO4/c1-11(15,10(13)14)7-16-9-4-2-8(6-12)3-5-9/h2-5,15H,7H2,1H3,(H,13,14)/t11-/m1/s1. The number of benzene rings is 1. The lowest BCUT2D eigenvalue weighted by atomic mass is 10.1. The molecule has 1 aromatic rings. The molecule has 0 saturated carbocycles. The highest BCUT2D eigenvalue weighted by molar-refractivity contribution is 5.76. The zero-order chi connectivity index (χ0) is 12.2. The van der Waals surface area contributed by atoms with E-state index in [0.29, 0.717) is 11.3 Å². The van der Waals surface area contributed by atoms with Crippen LogP contribution in [0.2, 0.25) is 0 Å². The number of ether oxygens (including phenoxy) is 1. The number of nitrogens with zero attached hydrogens (tertiary/aromatic N) is 1. The lowest BCUT2D eigenvalue weighted by Crippen LogP contribution is -2.41. The molecule has 5 heteroatoms. The lowest BCUT2D eigenvalue weighted by Gasteiger charge is -2.18. The van der Waals surface area contributed by atoms with E-state index in [9.17, 15) is 9.90 Å². The Hall–Kier alpha value is -2.06. The number of aliphatic carboxylic acids is 1. The van der Waals surface area contributed by atoms with Crippen LogP contribution in [0.25, 0.3) is 0 Å². The SMILES string of the molecule is C[C@@](O)(COc1ccc(C#N)cc1)C(=O)O. The van der Waals surface area contributed by atoms with Crippen LogP contribution in [0.15, 0.2) is 24.3 Å². The number of nitriles is 1. The van der Waals surface area contributed by atoms with Gasteiger partial charge in [0, 0.05) is 0 Å². The van der Waals surface area contributed by atoms with Gasteiger partial charge >= 0.3 is 5.97 Å². The summed E-state index contributed by atoms with van der Waals surface area (Å²) in [5, 5.41) is 26.6. The largest absolute Gasteiger partial charge is 0.490 e. The van der Waals surface area contributed by atoms with Crippen molar-refractivity contribution in [3.8, 4) is 11.8 Å². The fourth-order valence-electron chi connectivity index (χ4n) is 0.911. The number of hydrogen-bond acceptors (Lipinski definition) is 4. The number of carboxylic acids is 1. The van der Waals surface area contributed by atoms with Gasteiger partial charge in [-0.3, -0.25) is 0 Å². The summed E-state index contributed by atoms with van der Waals surface area (Å²) in [6.45, 7) is 0.799. The summed E-state index contributed by atoms with van der Waals surface area (Å²) >= 11 is 0. The summed E-state index contributed by atoms with van der Waals surface area (Å²) in [7, 11) is 0. The van der Waals surface area contributed by atoms with Crippen LogP contribution in [0.5, 0.6) is 5.75 Å². The minimum absolute atomic E-state index is 0.353. The maximum absolute atomic E-state index is 10.6. The Morgan fingerprint density at radius 3 is 2.50 bits per heavy atom. The summed E-state index contributed by atoms with van der Waals surface area (Å²) < 4.78 is 5.09. The molecule has 1 atom stereocenters. The molecule has 1 rings (SSSR count). The molecule has 1 aromatic carbocycles. The Morgan fingerprint density at radius 1 is 1.50 bits per heavy atom. The molecule has 0 aliphatic rings. The molecule has 0 aliphatic heterocycles. The third kappa shape index (κ3) is 2.97. The van der Waals surface area contributed by atoms with Crippen LogP contribution in [0, 0.1) is 11.3 Å². The molecule has 5 nitrogen and oxygen atoms in total. The van der Waals surface area contributed by atoms with E-state index >= 15 is 0 Å². The van der Waals surface area contributed by atoms with Crippen molar-refractivity contribution in [2.75, 3.05) is 6.61 Å². The molecule has 0 amide bonds. The number of hydrogen-bond donors (Lipinski definition) is 2. The van der Waals surface area contributed by atoms with E-state index in [1.165, 1.54) is 12.1 Å². The summed E-state index contributed by atoms with van der Waals surface area (Å²) in [6.07, 6.45) is 0. The monoisotopic (exact) mass is 221 g/mol. The predicted molar refractivity (Wildman–Crippen MR) is 54.9 cm³/mol. The van der Waals surface area contributed by atoms with Crippen molar-refractivity contribution in [2.24, 2.45) is 0 Å². The molecule has 2 N–H and O–H groups in total. The van der Waals surface area contributed by atoms with Crippen LogP contribution >= 0.6 is 0 Å². The minimum Gasteiger partial charge on any atom is -0.490 e. The molecule has 0 heterocycles. The summed E-state index contributed by atoms with van der Waals surface area (Å²) in [5.41, 5.74) is -1.44. The van der Waals surface area contributed by atoms with E-state index in [0.717, 1.165) is 6.92 Å². The van der Waals surface area contributed by atoms with Crippen LogP contribution in [-0.2, 0) is 4.79 Å². The van der Waals surface area contributed by atoms with Crippen LogP contribution in [0.3, 0.4) is 0 Å². The number of rotatable bonds is 4. The Kier molecular flexibility index (Phi) is 3.48. The first-order chi connectivity index (χ1) is 7.45. The number of aliphatic hydroxyl groups is 1. The molecular formula is C11H11NO4. The molecule has 16 heavy (non-hydrogen) atoms. The maximum Gasteiger partial charge on any atom is 0.339 e. The maximum atomic E-state index is 10.6. The minimum atomic E-state index is -1.92. The lowest BCUT2D eigenvalue weighted by molar-refractivity contribution is -0.159. The van der Waals surface area contributed by atoms with Crippen LogP contribution in [0.1, 0.15) is 12.5 Å². The van der Waals surface area contributed by atoms with Gasteiger partial charge in [0.2, 0.25) is 0 Å². The second-order valence-electron chi connectivity index (χ2n) is 3.50. The average Bonchev–Trinajstić information content (AvgIpc) is 2.27. The van der Waals surface area contributed by atoms with E-state index in [1.54, 1.807) is 12.1 Å². The van der Waals surface area contributed by atoms with Crippen LogP contribution in [-0.4, -0.2) is 28.4 Å². The molecule has 0 radical (unpaired) electrons. The van der Waals surface area contributed by atoms with Gasteiger partial charge in [-0.25, -0.2) is 4.79 Å². The third-order valence-corrected chi connectivity index (χ3v) is 1.96. The van der Waals surface area contributed by atoms with Crippen LogP contribution in [0.4, 0.5) is 0 Å². The molecule has 0 aliphatic carbocycles. The van der Waals surface area contributed by atoms with Crippen LogP contribution < -0.4 is 4.74 Å². The van der Waals surface area contributed by atoms with Gasteiger partial charge in [0.1, 0.15) is 12.4 Å². The Balaban J connectivity index is 2.62. The molecule has 0 spiro atoms. The molecule has 0 saturated heterocycles. The smallest absolute Gasteiger partial charge is 0.339 e. The van der Waals surface area contributed by atoms with Crippen molar-refractivity contribution >= 4 is 5.97 Å². The van der Waals surface area contributed by atoms with Crippen molar-refractivity contribution in [3.05, 3.63) is 29.8 Å². The number of carboxylic acid groups (broad SMARTS) is 1. The quantitative estimate of drug-likeness (QED) is 0.783. The molecule has 0 bridgehead atoms. The molecular weight excluding hydrogens is 210 g/mol. The average molecular weight is 221 g/mol. The van der Waals surface area contributed by atoms with Crippen molar-refractivity contribution in [2.45, 2.75) is 12.5 Å². The van der Waals surface area contributed by atoms with E-state index in [4.69, 9.17) is 15.1 Å². The highest BCUT2D eigenvalue weighted by Crippen LogP contribution is 2.14. The van der Waals surface area contributed by atoms with Gasteiger partial charge in [-0.1, -0.05) is 0 Å². The summed E-state index contributed by atoms with van der Waals surface area (Å²) in [4.78, 5) is 10.6. The molecule has 0 fully saturated rings. The van der Waals surface area contributed by atoms with Gasteiger partial charge < -0.3 is 14.9 Å². The predicted octanol–water partition coefficient (Wildman–Crippen LogP) is 0.773. The molecule has 0 unspecified atom stereocenters. The fourth-order valence-corrected chi connectivity index (χ4v) is 0.911. The van der Waals surface area contributed by atoms with Gasteiger partial charge in [-0.05, 0) is 31.2 Å². The summed E-state index contributed by atoms with van der Waals surface area (Å²) in [5.74, 6) is -0.943. The first kappa shape index (κ1) is 12.0. The third-order valence-electron chi connectivity index (χ3n) is 1.96. The summed E-state index contributed by atoms with van der Waals surface area (Å²) in [6, 6.07) is 8.11. The Bertz CT molecular complexity index is 417. The first-order valence-electron chi connectivity index (χ1n) is 4.54. The van der Waals surface area contributed by atoms with Crippen molar-refractivity contribution < 1.29 is 19.7 Å². The van der Waals surface area contributed by atoms with Crippen molar-refractivity contribution in [3.63, 3.8) is 0 Å². The van der Waals surface area contributed by atoms with Gasteiger partial charge in [-0.15, -0.1) is 0 Å². The van der Waals surface area contributed by atoms with Crippen molar-refractivity contribution in [1.82, 2.24) is 0 Å². The topological polar surface area (TPSA) is 90.5 Å². The van der Waals surface area contributed by atoms with Gasteiger partial charge in [-0.2, -0.15) is 5.26 Å². The Labute approximate surface area is 92.5 Å². The highest BCUT2D eigenvalue weighted by Gasteiger charge is 2.30. The second-order valence-corrected chi connectivity index (χ2v) is 3.50. The fraction of sp³-hybridized carbons (Fsp3) is 0.273. The van der Waals surface area contributed by atoms with Crippen molar-refractivity contribution in [1.29, 1.82) is 5.26 Å². The van der Waals surface area contributed by atoms with E-state index in [-0.39, 0.29) is 6.61 Å². The number of carbonyl (C=O) groups is 1. The highest BCUT2D eigenvalue weighted by atomic mass is 16.5. The zero-order valence-corrected chi connectivity index (χ0v) is 8.67. The van der Waals surface area contributed by atoms with Gasteiger partial charge in [0.05, 0.1) is 11.6 Å². The Morgan fingerprint density at radius 2 is 2.06 bits per heavy atom. The van der Waals surface area contributed by atoms with Gasteiger partial charge in [0.25, 0.3) is 0 Å².